The predicted octanol–water partition coefficient (Wildman–Crippen LogP) is 10.5. The van der Waals surface area contributed by atoms with Crippen molar-refractivity contribution >= 4 is 25.7 Å². The number of hydrogen-bond acceptors (Lipinski definition) is 23. The second-order valence-corrected chi connectivity index (χ2v) is 28.9. The van der Waals surface area contributed by atoms with E-state index in [9.17, 15) is 74.9 Å². The summed E-state index contributed by atoms with van der Waals surface area (Å²) >= 11 is 0. The minimum Gasteiger partial charge on any atom is -0.463 e. The van der Waals surface area contributed by atoms with Gasteiger partial charge in [0.25, 0.3) is 0 Å². The van der Waals surface area contributed by atoms with Crippen molar-refractivity contribution in [2.45, 2.75) is 395 Å². The fraction of sp³-hybridized carbons (Fsp3) is 0.904. The largest absolute Gasteiger partial charge is 0.472 e. The minimum absolute atomic E-state index is 0.0293. The zero-order valence-electron chi connectivity index (χ0n) is 59.8. The molecule has 0 spiro atoms. The first-order valence-corrected chi connectivity index (χ1v) is 39.7. The number of unbranched alkanes of at least 4 members (excludes halogenated alkanes) is 37. The molecule has 11 N–H and O–H groups in total. The SMILES string of the molecule is CCCCCCCCCCCCC/C=C/C=C/C(=O)OCC(COP(=O)(O)OC1C(OC2OC(CO)C(O)C(O)C2O)C(O)C(O)C(O)C1OC1OC(COC(=O)CCCCCCCCCCCCCCCCCC)C(O)C(O)C1O)OC(=O)CCCCCCCCCCCCCC. The van der Waals surface area contributed by atoms with E-state index in [2.05, 4.69) is 20.8 Å². The Morgan fingerprint density at radius 2 is 0.786 bits per heavy atom. The number of allylic oxidation sites excluding steroid dienone is 3. The maximum atomic E-state index is 14.3. The summed E-state index contributed by atoms with van der Waals surface area (Å²) in [5.41, 5.74) is 0. The number of esters is 3. The van der Waals surface area contributed by atoms with Gasteiger partial charge in [-0.15, -0.1) is 0 Å². The first-order valence-electron chi connectivity index (χ1n) is 38.2. The van der Waals surface area contributed by atoms with Crippen molar-refractivity contribution in [2.24, 2.45) is 0 Å². The molecule has 3 fully saturated rings. The topological polar surface area (TPSA) is 374 Å². The molecule has 0 radical (unpaired) electrons. The van der Waals surface area contributed by atoms with Crippen molar-refractivity contribution in [3.8, 4) is 0 Å². The summed E-state index contributed by atoms with van der Waals surface area (Å²) < 4.78 is 64.8. The molecule has 18 unspecified atom stereocenters. The molecule has 0 amide bonds. The van der Waals surface area contributed by atoms with E-state index < -0.39 is 156 Å². The molecule has 3 rings (SSSR count). The van der Waals surface area contributed by atoms with E-state index >= 15 is 0 Å². The third-order valence-corrected chi connectivity index (χ3v) is 19.8. The summed E-state index contributed by atoms with van der Waals surface area (Å²) in [6.45, 7) is 3.34. The van der Waals surface area contributed by atoms with Gasteiger partial charge >= 0.3 is 25.7 Å². The number of ether oxygens (including phenoxy) is 7. The van der Waals surface area contributed by atoms with Crippen LogP contribution in [0.5, 0.6) is 0 Å². The molecule has 24 nitrogen and oxygen atoms in total. The summed E-state index contributed by atoms with van der Waals surface area (Å²) in [6.07, 6.45) is 16.0. The summed E-state index contributed by atoms with van der Waals surface area (Å²) in [7, 11) is -5.71. The predicted molar refractivity (Wildman–Crippen MR) is 370 cm³/mol. The number of phosphoric ester groups is 1. The van der Waals surface area contributed by atoms with Gasteiger partial charge in [-0.25, -0.2) is 9.36 Å². The van der Waals surface area contributed by atoms with Crippen LogP contribution in [0.4, 0.5) is 0 Å². The van der Waals surface area contributed by atoms with Crippen LogP contribution in [0.25, 0.3) is 0 Å². The molecule has 98 heavy (non-hydrogen) atoms. The van der Waals surface area contributed by atoms with E-state index in [1.54, 1.807) is 6.08 Å². The second kappa shape index (κ2) is 55.0. The number of aliphatic hydroxyl groups excluding tert-OH is 10. The highest BCUT2D eigenvalue weighted by Gasteiger charge is 2.58. The van der Waals surface area contributed by atoms with Crippen molar-refractivity contribution in [3.63, 3.8) is 0 Å². The molecular weight excluding hydrogens is 1290 g/mol. The molecular formula is C73H133O24P. The van der Waals surface area contributed by atoms with E-state index in [1.807, 2.05) is 6.08 Å². The van der Waals surface area contributed by atoms with Crippen molar-refractivity contribution in [1.82, 2.24) is 0 Å². The molecule has 0 aromatic carbocycles. The zero-order valence-corrected chi connectivity index (χ0v) is 60.7. The first-order chi connectivity index (χ1) is 47.3. The van der Waals surface area contributed by atoms with Crippen LogP contribution in [0.2, 0.25) is 0 Å². The van der Waals surface area contributed by atoms with E-state index in [-0.39, 0.29) is 12.8 Å². The van der Waals surface area contributed by atoms with Crippen LogP contribution in [0.1, 0.15) is 290 Å². The Kier molecular flexibility index (Phi) is 50.3. The number of carbonyl (C=O) groups excluding carboxylic acids is 3. The number of hydrogen-bond donors (Lipinski definition) is 11. The Bertz CT molecular complexity index is 2120. The van der Waals surface area contributed by atoms with Crippen LogP contribution in [0.15, 0.2) is 24.3 Å². The summed E-state index contributed by atoms with van der Waals surface area (Å²) in [4.78, 5) is 50.8. The quantitative estimate of drug-likeness (QED) is 0.00673. The molecule has 18 atom stereocenters. The van der Waals surface area contributed by atoms with Gasteiger partial charge in [0.2, 0.25) is 0 Å². The lowest BCUT2D eigenvalue weighted by molar-refractivity contribution is -0.360. The standard InChI is InChI=1S/C73H133O24P/c1-4-7-10-13-16-19-22-25-27-29-31-34-36-39-42-45-48-58(76)90-53-56-61(79)63(81)68(86)73(94-56)96-70-66(84)64(82)65(83)69(95-72-67(85)62(80)60(78)55(50-74)93-72)71(70)97-98(87,88)91-52-54(92-59(77)49-46-43-40-37-32-24-21-18-15-12-9-6-3)51-89-57(75)47-44-41-38-35-33-30-28-26-23-20-17-14-11-8-5-2/h38,41,44,47,54-56,60-74,78-86H,4-37,39-40,42-43,45-46,48-53H2,1-3H3,(H,87,88)/b41-38+,47-44+. The van der Waals surface area contributed by atoms with Crippen LogP contribution >= 0.6 is 7.82 Å². The molecule has 574 valence electrons. The van der Waals surface area contributed by atoms with Crippen molar-refractivity contribution in [2.75, 3.05) is 26.4 Å². The fourth-order valence-electron chi connectivity index (χ4n) is 12.6. The second-order valence-electron chi connectivity index (χ2n) is 27.4. The number of carbonyl (C=O) groups is 3. The van der Waals surface area contributed by atoms with Gasteiger partial charge < -0.3 is 89.1 Å². The van der Waals surface area contributed by atoms with Crippen LogP contribution in [0, 0.1) is 0 Å². The Hall–Kier alpha value is -2.56. The Labute approximate surface area is 585 Å². The smallest absolute Gasteiger partial charge is 0.463 e. The van der Waals surface area contributed by atoms with Crippen LogP contribution in [-0.2, 0) is 61.2 Å². The maximum Gasteiger partial charge on any atom is 0.472 e. The maximum absolute atomic E-state index is 14.3. The van der Waals surface area contributed by atoms with E-state index in [0.717, 1.165) is 96.0 Å². The zero-order chi connectivity index (χ0) is 71.8. The van der Waals surface area contributed by atoms with Gasteiger partial charge in [-0.1, -0.05) is 270 Å². The van der Waals surface area contributed by atoms with Gasteiger partial charge in [0.15, 0.2) is 18.7 Å². The van der Waals surface area contributed by atoms with Crippen molar-refractivity contribution in [3.05, 3.63) is 24.3 Å². The number of rotatable bonds is 59. The van der Waals surface area contributed by atoms with Gasteiger partial charge in [0.05, 0.1) is 13.2 Å². The molecule has 1 aliphatic carbocycles. The lowest BCUT2D eigenvalue weighted by Gasteiger charge is -2.49. The lowest BCUT2D eigenvalue weighted by atomic mass is 9.84. The summed E-state index contributed by atoms with van der Waals surface area (Å²) in [5, 5.41) is 110. The number of phosphoric acid groups is 1. The molecule has 2 saturated heterocycles. The molecule has 0 aromatic heterocycles. The van der Waals surface area contributed by atoms with Gasteiger partial charge in [-0.3, -0.25) is 18.6 Å². The average Bonchev–Trinajstić information content (AvgIpc) is 0.947. The monoisotopic (exact) mass is 1420 g/mol. The van der Waals surface area contributed by atoms with Crippen LogP contribution in [-0.4, -0.2) is 204 Å². The highest BCUT2D eigenvalue weighted by atomic mass is 31.2. The van der Waals surface area contributed by atoms with Gasteiger partial charge in [0, 0.05) is 18.9 Å². The summed E-state index contributed by atoms with van der Waals surface area (Å²) in [6, 6.07) is 0. The van der Waals surface area contributed by atoms with E-state index in [1.165, 1.54) is 160 Å². The Balaban J connectivity index is 1.73. The van der Waals surface area contributed by atoms with Crippen LogP contribution < -0.4 is 0 Å². The molecule has 25 heteroatoms. The third kappa shape index (κ3) is 37.7. The molecule has 2 aliphatic heterocycles. The third-order valence-electron chi connectivity index (χ3n) is 18.8. The average molecular weight is 1430 g/mol. The molecule has 3 aliphatic rings. The van der Waals surface area contributed by atoms with E-state index in [4.69, 9.17) is 42.2 Å². The first kappa shape index (κ1) is 89.7. The fourth-order valence-corrected chi connectivity index (χ4v) is 13.6. The van der Waals surface area contributed by atoms with E-state index in [0.29, 0.717) is 12.8 Å². The van der Waals surface area contributed by atoms with Gasteiger partial charge in [0.1, 0.15) is 98.7 Å². The highest BCUT2D eigenvalue weighted by molar-refractivity contribution is 7.47. The molecule has 0 aromatic rings. The van der Waals surface area contributed by atoms with Crippen LogP contribution in [0.3, 0.4) is 0 Å². The molecule has 1 saturated carbocycles. The summed E-state index contributed by atoms with van der Waals surface area (Å²) in [5.74, 6) is -2.24. The van der Waals surface area contributed by atoms with Crippen molar-refractivity contribution in [1.29, 1.82) is 0 Å². The Morgan fingerprint density at radius 3 is 1.20 bits per heavy atom. The number of aliphatic hydroxyl groups is 10. The molecule has 2 heterocycles. The van der Waals surface area contributed by atoms with Crippen molar-refractivity contribution < 1.29 is 117 Å². The minimum atomic E-state index is -5.71. The van der Waals surface area contributed by atoms with Gasteiger partial charge in [-0.05, 0) is 25.7 Å². The lowest BCUT2D eigenvalue weighted by Crippen LogP contribution is -2.69. The Morgan fingerprint density at radius 1 is 0.418 bits per heavy atom. The highest BCUT2D eigenvalue weighted by Crippen LogP contribution is 2.49. The molecule has 0 bridgehead atoms. The normalized spacial score (nSPS) is 27.7. The van der Waals surface area contributed by atoms with Gasteiger partial charge in [-0.2, -0.15) is 0 Å².